The number of hydrogen-bond donors (Lipinski definition) is 0. The molecule has 3 aliphatic rings. The number of ether oxygens (including phenoxy) is 2. The molecule has 3 saturated heterocycles. The van der Waals surface area contributed by atoms with Crippen LogP contribution in [0.2, 0.25) is 0 Å². The zero-order chi connectivity index (χ0) is 16.3. The highest BCUT2D eigenvalue weighted by molar-refractivity contribution is 5.76. The van der Waals surface area contributed by atoms with Crippen LogP contribution in [0.5, 0.6) is 0 Å². The van der Waals surface area contributed by atoms with E-state index in [2.05, 4.69) is 23.8 Å². The van der Waals surface area contributed by atoms with Gasteiger partial charge < -0.3 is 19.3 Å². The maximum Gasteiger partial charge on any atom is 0.223 e. The van der Waals surface area contributed by atoms with E-state index >= 15 is 0 Å². The Balaban J connectivity index is 1.48. The number of carbonyl (C=O) groups excluding carboxylic acids is 1. The fourth-order valence-corrected chi connectivity index (χ4v) is 4.02. The molecular weight excluding hydrogens is 294 g/mol. The van der Waals surface area contributed by atoms with Gasteiger partial charge in [0.2, 0.25) is 5.91 Å². The number of likely N-dealkylation sites (N-methyl/N-ethyl adjacent to an activating group) is 1. The molecule has 0 aliphatic carbocycles. The predicted molar refractivity (Wildman–Crippen MR) is 88.5 cm³/mol. The Labute approximate surface area is 139 Å². The first-order valence-electron chi connectivity index (χ1n) is 9.01. The normalized spacial score (nSPS) is 34.0. The highest BCUT2D eigenvalue weighted by Gasteiger charge is 2.41. The van der Waals surface area contributed by atoms with Gasteiger partial charge in [0.25, 0.3) is 0 Å². The molecular formula is C17H31N3O3. The van der Waals surface area contributed by atoms with Gasteiger partial charge in [0, 0.05) is 58.8 Å². The molecule has 1 spiro atoms. The van der Waals surface area contributed by atoms with Crippen LogP contribution in [-0.2, 0) is 14.3 Å². The van der Waals surface area contributed by atoms with Gasteiger partial charge in [0.05, 0.1) is 12.7 Å². The molecule has 3 fully saturated rings. The van der Waals surface area contributed by atoms with Gasteiger partial charge in [-0.05, 0) is 26.8 Å². The van der Waals surface area contributed by atoms with Crippen molar-refractivity contribution in [2.24, 2.45) is 0 Å². The second-order valence-electron chi connectivity index (χ2n) is 7.44. The first kappa shape index (κ1) is 17.1. The number of carbonyl (C=O) groups is 1. The van der Waals surface area contributed by atoms with Gasteiger partial charge in [0.15, 0.2) is 0 Å². The lowest BCUT2D eigenvalue weighted by Gasteiger charge is -2.47. The van der Waals surface area contributed by atoms with Crippen LogP contribution < -0.4 is 0 Å². The quantitative estimate of drug-likeness (QED) is 0.753. The van der Waals surface area contributed by atoms with Crippen molar-refractivity contribution in [2.75, 3.05) is 66.1 Å². The number of nitrogens with zero attached hydrogens (tertiary/aromatic N) is 3. The van der Waals surface area contributed by atoms with E-state index in [9.17, 15) is 4.79 Å². The zero-order valence-electron chi connectivity index (χ0n) is 14.6. The SMILES string of the molecule is CC1CN(CCC(=O)N2CCN(C)CC2)CC2(CCCOC2)O1. The molecule has 3 aliphatic heterocycles. The molecule has 3 rings (SSSR count). The van der Waals surface area contributed by atoms with Gasteiger partial charge in [-0.3, -0.25) is 9.69 Å². The van der Waals surface area contributed by atoms with Crippen molar-refractivity contribution in [2.45, 2.75) is 37.9 Å². The van der Waals surface area contributed by atoms with Crippen molar-refractivity contribution in [1.29, 1.82) is 0 Å². The molecule has 0 N–H and O–H groups in total. The number of hydrogen-bond acceptors (Lipinski definition) is 5. The highest BCUT2D eigenvalue weighted by Crippen LogP contribution is 2.30. The zero-order valence-corrected chi connectivity index (χ0v) is 14.6. The summed E-state index contributed by atoms with van der Waals surface area (Å²) < 4.78 is 11.9. The molecule has 6 heteroatoms. The van der Waals surface area contributed by atoms with Crippen molar-refractivity contribution in [3.63, 3.8) is 0 Å². The van der Waals surface area contributed by atoms with Crippen LogP contribution in [0.25, 0.3) is 0 Å². The Morgan fingerprint density at radius 2 is 2.04 bits per heavy atom. The Bertz CT molecular complexity index is 404. The first-order valence-corrected chi connectivity index (χ1v) is 9.01. The minimum absolute atomic E-state index is 0.146. The summed E-state index contributed by atoms with van der Waals surface area (Å²) in [6, 6.07) is 0. The maximum atomic E-state index is 12.4. The van der Waals surface area contributed by atoms with Gasteiger partial charge in [-0.2, -0.15) is 0 Å². The predicted octanol–water partition coefficient (Wildman–Crippen LogP) is 0.420. The molecule has 2 unspecified atom stereocenters. The Kier molecular flexibility index (Phi) is 5.57. The van der Waals surface area contributed by atoms with Gasteiger partial charge in [-0.25, -0.2) is 0 Å². The van der Waals surface area contributed by atoms with Crippen LogP contribution in [0.15, 0.2) is 0 Å². The summed E-state index contributed by atoms with van der Waals surface area (Å²) in [7, 11) is 2.11. The smallest absolute Gasteiger partial charge is 0.223 e. The van der Waals surface area contributed by atoms with Crippen LogP contribution in [0.4, 0.5) is 0 Å². The lowest BCUT2D eigenvalue weighted by atomic mass is 9.93. The third-order valence-electron chi connectivity index (χ3n) is 5.26. The Hall–Kier alpha value is -0.690. The minimum atomic E-state index is -0.146. The van der Waals surface area contributed by atoms with Crippen LogP contribution in [0.1, 0.15) is 26.2 Å². The van der Waals surface area contributed by atoms with Gasteiger partial charge >= 0.3 is 0 Å². The molecule has 0 aromatic heterocycles. The van der Waals surface area contributed by atoms with E-state index in [-0.39, 0.29) is 11.7 Å². The van der Waals surface area contributed by atoms with Crippen LogP contribution in [-0.4, -0.2) is 98.4 Å². The fraction of sp³-hybridized carbons (Fsp3) is 0.941. The first-order chi connectivity index (χ1) is 11.1. The van der Waals surface area contributed by atoms with E-state index in [0.717, 1.165) is 65.3 Å². The molecule has 0 radical (unpaired) electrons. The van der Waals surface area contributed by atoms with Gasteiger partial charge in [-0.1, -0.05) is 0 Å². The number of amides is 1. The van der Waals surface area contributed by atoms with E-state index in [1.165, 1.54) is 0 Å². The summed E-state index contributed by atoms with van der Waals surface area (Å²) in [5.41, 5.74) is -0.146. The van der Waals surface area contributed by atoms with Crippen LogP contribution >= 0.6 is 0 Å². The summed E-state index contributed by atoms with van der Waals surface area (Å²) in [6.45, 7) is 10.0. The number of piperazine rings is 1. The van der Waals surface area contributed by atoms with Crippen molar-refractivity contribution >= 4 is 5.91 Å². The molecule has 23 heavy (non-hydrogen) atoms. The van der Waals surface area contributed by atoms with Crippen molar-refractivity contribution < 1.29 is 14.3 Å². The summed E-state index contributed by atoms with van der Waals surface area (Å²) in [5, 5.41) is 0. The third kappa shape index (κ3) is 4.44. The topological polar surface area (TPSA) is 45.3 Å². The van der Waals surface area contributed by atoms with Crippen LogP contribution in [0.3, 0.4) is 0 Å². The molecule has 0 saturated carbocycles. The van der Waals surface area contributed by atoms with Gasteiger partial charge in [-0.15, -0.1) is 0 Å². The van der Waals surface area contributed by atoms with E-state index < -0.39 is 0 Å². The minimum Gasteiger partial charge on any atom is -0.378 e. The Morgan fingerprint density at radius 1 is 1.26 bits per heavy atom. The number of rotatable bonds is 3. The lowest BCUT2D eigenvalue weighted by molar-refractivity contribution is -0.196. The van der Waals surface area contributed by atoms with Crippen molar-refractivity contribution in [3.8, 4) is 0 Å². The van der Waals surface area contributed by atoms with E-state index in [0.29, 0.717) is 18.9 Å². The maximum absolute atomic E-state index is 12.4. The average Bonchev–Trinajstić information content (AvgIpc) is 2.53. The summed E-state index contributed by atoms with van der Waals surface area (Å²) in [6.07, 6.45) is 2.97. The molecule has 0 bridgehead atoms. The molecule has 0 aromatic carbocycles. The summed E-state index contributed by atoms with van der Waals surface area (Å²) >= 11 is 0. The monoisotopic (exact) mass is 325 g/mol. The van der Waals surface area contributed by atoms with E-state index in [4.69, 9.17) is 9.47 Å². The second-order valence-corrected chi connectivity index (χ2v) is 7.44. The molecule has 1 amide bonds. The Morgan fingerprint density at radius 3 is 2.74 bits per heavy atom. The summed E-state index contributed by atoms with van der Waals surface area (Å²) in [5.74, 6) is 0.297. The van der Waals surface area contributed by atoms with Crippen molar-refractivity contribution in [1.82, 2.24) is 14.7 Å². The summed E-state index contributed by atoms with van der Waals surface area (Å²) in [4.78, 5) is 19.1. The molecule has 0 aromatic rings. The lowest BCUT2D eigenvalue weighted by Crippen LogP contribution is -2.59. The highest BCUT2D eigenvalue weighted by atomic mass is 16.6. The number of morpholine rings is 1. The molecule has 3 heterocycles. The molecule has 6 nitrogen and oxygen atoms in total. The third-order valence-corrected chi connectivity index (χ3v) is 5.26. The van der Waals surface area contributed by atoms with E-state index in [1.54, 1.807) is 0 Å². The van der Waals surface area contributed by atoms with E-state index in [1.807, 2.05) is 4.90 Å². The second kappa shape index (κ2) is 7.47. The van der Waals surface area contributed by atoms with Crippen molar-refractivity contribution in [3.05, 3.63) is 0 Å². The standard InChI is InChI=1S/C17H31N3O3/c1-15-12-19(13-17(23-15)5-3-11-22-14-17)6-4-16(21)20-9-7-18(2)8-10-20/h15H,3-14H2,1-2H3. The van der Waals surface area contributed by atoms with Crippen LogP contribution in [0, 0.1) is 0 Å². The average molecular weight is 325 g/mol. The fourth-order valence-electron chi connectivity index (χ4n) is 4.02. The van der Waals surface area contributed by atoms with Gasteiger partial charge in [0.1, 0.15) is 5.60 Å². The largest absolute Gasteiger partial charge is 0.378 e. The molecule has 132 valence electrons. The molecule has 2 atom stereocenters.